The second-order valence-electron chi connectivity index (χ2n) is 15.0. The summed E-state index contributed by atoms with van der Waals surface area (Å²) in [6.45, 7) is 6.56. The van der Waals surface area contributed by atoms with Crippen LogP contribution in [0.4, 0.5) is 20.7 Å². The number of hydrogen-bond donors (Lipinski definition) is 2. The minimum Gasteiger partial charge on any atom is -0.444 e. The fourth-order valence-electron chi connectivity index (χ4n) is 7.29. The second-order valence-corrected chi connectivity index (χ2v) is 17.0. The molecule has 5 aromatic rings. The Balaban J connectivity index is 1.25. The maximum atomic E-state index is 16.4. The Kier molecular flexibility index (Phi) is 9.39. The maximum absolute atomic E-state index is 16.4. The van der Waals surface area contributed by atoms with Crippen LogP contribution < -0.4 is 16.0 Å². The second kappa shape index (κ2) is 13.7. The highest BCUT2D eigenvalue weighted by Crippen LogP contribution is 2.42. The highest BCUT2D eigenvalue weighted by molar-refractivity contribution is 7.88. The summed E-state index contributed by atoms with van der Waals surface area (Å²) in [5.74, 6) is 0.440. The van der Waals surface area contributed by atoms with Gasteiger partial charge in [-0.25, -0.2) is 36.9 Å². The molecule has 0 atom stereocenters. The van der Waals surface area contributed by atoms with E-state index in [1.807, 2.05) is 72.7 Å². The molecule has 0 unspecified atom stereocenters. The van der Waals surface area contributed by atoms with Crippen molar-refractivity contribution in [3.63, 3.8) is 0 Å². The number of benzene rings is 2. The molecule has 1 saturated carbocycles. The Morgan fingerprint density at radius 3 is 2.32 bits per heavy atom. The van der Waals surface area contributed by atoms with Crippen LogP contribution in [0.25, 0.3) is 39.5 Å². The zero-order valence-electron chi connectivity index (χ0n) is 30.6. The number of aromatic nitrogens is 4. The summed E-state index contributed by atoms with van der Waals surface area (Å²) in [4.78, 5) is 29.0. The molecule has 2 aliphatic rings. The van der Waals surface area contributed by atoms with E-state index in [2.05, 4.69) is 10.3 Å². The Hall–Kier alpha value is -5.08. The molecule has 0 radical (unpaired) electrons. The number of pyridine rings is 2. The number of ether oxygens (including phenoxy) is 1. The van der Waals surface area contributed by atoms with Gasteiger partial charge in [0.05, 0.1) is 28.7 Å². The molecule has 53 heavy (non-hydrogen) atoms. The number of anilines is 2. The Morgan fingerprint density at radius 1 is 1.00 bits per heavy atom. The maximum Gasteiger partial charge on any atom is 0.408 e. The van der Waals surface area contributed by atoms with E-state index < -0.39 is 33.1 Å². The number of carbonyl (C=O) groups is 1. The third kappa shape index (κ3) is 7.17. The molecule has 14 heteroatoms. The smallest absolute Gasteiger partial charge is 0.408 e. The van der Waals surface area contributed by atoms with E-state index in [4.69, 9.17) is 20.4 Å². The third-order valence-electron chi connectivity index (χ3n) is 10.3. The summed E-state index contributed by atoms with van der Waals surface area (Å²) in [6, 6.07) is 20.3. The van der Waals surface area contributed by atoms with Gasteiger partial charge in [-0.15, -0.1) is 0 Å². The minimum atomic E-state index is -3.32. The fraction of sp³-hybridized carbons (Fsp3) is 0.385. The zero-order valence-corrected chi connectivity index (χ0v) is 31.5. The van der Waals surface area contributed by atoms with Crippen LogP contribution in [0.2, 0.25) is 0 Å². The lowest BCUT2D eigenvalue weighted by molar-refractivity contribution is 0.0377. The lowest BCUT2D eigenvalue weighted by Gasteiger charge is -2.43. The number of hydrogen-bond acceptors (Lipinski definition) is 9. The lowest BCUT2D eigenvalue weighted by atomic mass is 9.72. The first-order valence-electron chi connectivity index (χ1n) is 17.8. The minimum absolute atomic E-state index is 0.130. The van der Waals surface area contributed by atoms with Gasteiger partial charge >= 0.3 is 6.09 Å². The summed E-state index contributed by atoms with van der Waals surface area (Å²) < 4.78 is 49.5. The molecule has 1 amide bonds. The van der Waals surface area contributed by atoms with Crippen molar-refractivity contribution >= 4 is 38.8 Å². The van der Waals surface area contributed by atoms with Gasteiger partial charge in [-0.1, -0.05) is 18.2 Å². The highest BCUT2D eigenvalue weighted by atomic mass is 32.2. The number of amides is 1. The number of alkyl carbamates (subject to hydrolysis) is 1. The molecule has 1 aliphatic carbocycles. The van der Waals surface area contributed by atoms with E-state index in [9.17, 15) is 13.2 Å². The number of imidazole rings is 1. The van der Waals surface area contributed by atoms with Crippen molar-refractivity contribution in [1.82, 2.24) is 29.1 Å². The van der Waals surface area contributed by atoms with Crippen molar-refractivity contribution in [2.75, 3.05) is 37.0 Å². The average Bonchev–Trinajstić information content (AvgIpc) is 3.47. The van der Waals surface area contributed by atoms with Gasteiger partial charge in [-0.2, -0.15) is 0 Å². The molecule has 12 nitrogen and oxygen atoms in total. The van der Waals surface area contributed by atoms with Crippen LogP contribution in [0, 0.1) is 5.82 Å². The van der Waals surface area contributed by atoms with Crippen molar-refractivity contribution in [3.05, 3.63) is 84.3 Å². The largest absolute Gasteiger partial charge is 0.444 e. The summed E-state index contributed by atoms with van der Waals surface area (Å²) in [5.41, 5.74) is 9.88. The highest BCUT2D eigenvalue weighted by Gasteiger charge is 2.41. The van der Waals surface area contributed by atoms with Crippen LogP contribution in [0.15, 0.2) is 72.9 Å². The number of nitrogen functional groups attached to an aromatic ring is 1. The van der Waals surface area contributed by atoms with E-state index in [-0.39, 0.29) is 6.04 Å². The van der Waals surface area contributed by atoms with Crippen LogP contribution >= 0.6 is 0 Å². The summed E-state index contributed by atoms with van der Waals surface area (Å²) in [6.07, 6.45) is 6.13. The first kappa shape index (κ1) is 36.3. The standard InChI is InChI=1S/C39H45FN8O4S/c1-38(2,3)52-37(49)45-39(20-8-21-39)25-12-14-27(15-13-25)48-35(29-10-7-22-42-34(29)41)44-31-17-16-30(43-36(31)48)28-9-6-11-32(33(28)40)47-23-18-26(19-24-47)46(4)53(5,50)51/h6-7,9-17,22,26H,8,18-21,23-24H2,1-5H3,(H2,41,42)(H,45,49). The molecule has 4 heterocycles. The van der Waals surface area contributed by atoms with E-state index in [1.54, 1.807) is 37.5 Å². The number of nitrogens with zero attached hydrogens (tertiary/aromatic N) is 6. The quantitative estimate of drug-likeness (QED) is 0.179. The Bertz CT molecular complexity index is 2280. The normalized spacial score (nSPS) is 16.5. The molecule has 1 aliphatic heterocycles. The van der Waals surface area contributed by atoms with Gasteiger partial charge in [0.15, 0.2) is 17.3 Å². The van der Waals surface area contributed by atoms with Gasteiger partial charge < -0.3 is 20.7 Å². The Labute approximate surface area is 309 Å². The molecule has 2 fully saturated rings. The van der Waals surface area contributed by atoms with E-state index in [0.717, 1.165) is 30.5 Å². The van der Waals surface area contributed by atoms with E-state index in [1.165, 1.54) is 10.6 Å². The molecular weight excluding hydrogens is 696 g/mol. The molecule has 7 rings (SSSR count). The third-order valence-corrected chi connectivity index (χ3v) is 11.7. The van der Waals surface area contributed by atoms with E-state index >= 15 is 4.39 Å². The van der Waals surface area contributed by atoms with Crippen molar-refractivity contribution in [2.45, 2.75) is 70.1 Å². The number of fused-ring (bicyclic) bond motifs is 1. The van der Waals surface area contributed by atoms with Crippen LogP contribution in [-0.2, 0) is 20.3 Å². The topological polar surface area (TPSA) is 149 Å². The summed E-state index contributed by atoms with van der Waals surface area (Å²) in [5, 5.41) is 3.12. The number of nitrogens with one attached hydrogen (secondary N) is 1. The monoisotopic (exact) mass is 740 g/mol. The van der Waals surface area contributed by atoms with Crippen molar-refractivity contribution in [1.29, 1.82) is 0 Å². The molecular formula is C39H45FN8O4S. The molecule has 278 valence electrons. The van der Waals surface area contributed by atoms with Crippen LogP contribution in [0.1, 0.15) is 58.4 Å². The fourth-order valence-corrected chi connectivity index (χ4v) is 8.04. The molecule has 2 aromatic carbocycles. The SMILES string of the molecule is CN(C1CCN(c2cccc(-c3ccc4nc(-c5cccnc5N)n(-c5ccc(C6(NC(=O)OC(C)(C)C)CCC6)cc5)c4n3)c2F)CC1)S(C)(=O)=O. The molecule has 3 aromatic heterocycles. The number of halogens is 1. The van der Waals surface area contributed by atoms with Gasteiger partial charge in [0.25, 0.3) is 0 Å². The van der Waals surface area contributed by atoms with Gasteiger partial charge in [0.2, 0.25) is 10.0 Å². The Morgan fingerprint density at radius 2 is 1.70 bits per heavy atom. The predicted octanol–water partition coefficient (Wildman–Crippen LogP) is 6.63. The van der Waals surface area contributed by atoms with Gasteiger partial charge in [0, 0.05) is 43.6 Å². The van der Waals surface area contributed by atoms with Crippen molar-refractivity contribution < 1.29 is 22.3 Å². The molecule has 3 N–H and O–H groups in total. The first-order valence-corrected chi connectivity index (χ1v) is 19.7. The van der Waals surface area contributed by atoms with Gasteiger partial charge in [-0.3, -0.25) is 4.57 Å². The van der Waals surface area contributed by atoms with E-state index in [0.29, 0.717) is 71.2 Å². The van der Waals surface area contributed by atoms with Crippen LogP contribution in [-0.4, -0.2) is 76.4 Å². The van der Waals surface area contributed by atoms with Crippen molar-refractivity contribution in [3.8, 4) is 28.3 Å². The number of carbonyl (C=O) groups excluding carboxylic acids is 1. The number of nitrogens with two attached hydrogens (primary N) is 1. The van der Waals surface area contributed by atoms with Crippen LogP contribution in [0.5, 0.6) is 0 Å². The van der Waals surface area contributed by atoms with Crippen LogP contribution in [0.3, 0.4) is 0 Å². The molecule has 0 spiro atoms. The summed E-state index contributed by atoms with van der Waals surface area (Å²) in [7, 11) is -1.72. The van der Waals surface area contributed by atoms with Crippen molar-refractivity contribution in [2.24, 2.45) is 0 Å². The lowest BCUT2D eigenvalue weighted by Crippen LogP contribution is -2.52. The molecule has 0 bridgehead atoms. The van der Waals surface area contributed by atoms with Gasteiger partial charge in [-0.05, 0) is 107 Å². The zero-order chi connectivity index (χ0) is 37.7. The number of rotatable bonds is 8. The number of sulfonamides is 1. The number of piperidine rings is 1. The predicted molar refractivity (Wildman–Crippen MR) is 205 cm³/mol. The average molecular weight is 741 g/mol. The summed E-state index contributed by atoms with van der Waals surface area (Å²) >= 11 is 0. The van der Waals surface area contributed by atoms with Gasteiger partial charge in [0.1, 0.15) is 16.9 Å². The molecule has 1 saturated heterocycles. The first-order chi connectivity index (χ1) is 25.1.